The fraction of sp³-hybridized carbons (Fsp3) is 0.250. The van der Waals surface area contributed by atoms with Crippen LogP contribution in [0.5, 0.6) is 0 Å². The van der Waals surface area contributed by atoms with Gasteiger partial charge in [-0.15, -0.1) is 11.3 Å². The first-order valence-electron chi connectivity index (χ1n) is 6.92. The van der Waals surface area contributed by atoms with Crippen LogP contribution in [0.15, 0.2) is 36.4 Å². The summed E-state index contributed by atoms with van der Waals surface area (Å²) in [5, 5.41) is 8.99. The van der Waals surface area contributed by atoms with E-state index in [1.54, 1.807) is 23.1 Å². The van der Waals surface area contributed by atoms with Crippen LogP contribution >= 0.6 is 11.3 Å². The highest BCUT2D eigenvalue weighted by Crippen LogP contribution is 2.30. The van der Waals surface area contributed by atoms with E-state index in [9.17, 15) is 14.0 Å². The molecular weight excluding hydrogens is 305 g/mol. The number of hydrogen-bond donors (Lipinski definition) is 1. The highest BCUT2D eigenvalue weighted by atomic mass is 32.1. The predicted molar refractivity (Wildman–Crippen MR) is 81.4 cm³/mol. The van der Waals surface area contributed by atoms with E-state index in [-0.39, 0.29) is 18.3 Å². The van der Waals surface area contributed by atoms with Gasteiger partial charge in [0, 0.05) is 18.0 Å². The number of thiophene rings is 1. The summed E-state index contributed by atoms with van der Waals surface area (Å²) < 4.78 is 12.9. The number of carboxylic acid groups (broad SMARTS) is 1. The van der Waals surface area contributed by atoms with E-state index in [0.717, 1.165) is 10.4 Å². The monoisotopic (exact) mass is 319 g/mol. The molecule has 0 spiro atoms. The molecule has 1 saturated heterocycles. The summed E-state index contributed by atoms with van der Waals surface area (Å²) in [4.78, 5) is 26.4. The molecule has 0 unspecified atom stereocenters. The van der Waals surface area contributed by atoms with E-state index in [1.807, 2.05) is 6.07 Å². The maximum Gasteiger partial charge on any atom is 0.308 e. The third-order valence-electron chi connectivity index (χ3n) is 3.77. The molecule has 0 saturated carbocycles. The average Bonchev–Trinajstić information content (AvgIpc) is 3.17. The van der Waals surface area contributed by atoms with Crippen LogP contribution in [0.1, 0.15) is 16.1 Å². The molecule has 4 nitrogen and oxygen atoms in total. The highest BCUT2D eigenvalue weighted by molar-refractivity contribution is 7.17. The second-order valence-corrected chi connectivity index (χ2v) is 6.33. The Morgan fingerprint density at radius 2 is 1.91 bits per heavy atom. The Labute approximate surface area is 130 Å². The number of benzene rings is 1. The highest BCUT2D eigenvalue weighted by Gasteiger charge is 2.31. The van der Waals surface area contributed by atoms with Gasteiger partial charge in [0.25, 0.3) is 5.91 Å². The zero-order chi connectivity index (χ0) is 15.7. The fourth-order valence-electron chi connectivity index (χ4n) is 2.52. The van der Waals surface area contributed by atoms with Gasteiger partial charge in [-0.05, 0) is 36.2 Å². The topological polar surface area (TPSA) is 57.6 Å². The minimum absolute atomic E-state index is 0.137. The lowest BCUT2D eigenvalue weighted by molar-refractivity contribution is -0.141. The molecule has 3 rings (SSSR count). The molecule has 2 heterocycles. The molecule has 1 aromatic heterocycles. The largest absolute Gasteiger partial charge is 0.481 e. The standard InChI is InChI=1S/C16H14FNO3S/c17-12-3-1-10(2-4-12)13-5-6-14(22-13)15(19)18-8-7-11(9-18)16(20)21/h1-6,11H,7-9H2,(H,20,21)/t11-/m0/s1. The van der Waals surface area contributed by atoms with Crippen molar-refractivity contribution in [3.63, 3.8) is 0 Å². The number of rotatable bonds is 3. The zero-order valence-corrected chi connectivity index (χ0v) is 12.5. The van der Waals surface area contributed by atoms with Crippen LogP contribution < -0.4 is 0 Å². The average molecular weight is 319 g/mol. The molecule has 0 bridgehead atoms. The quantitative estimate of drug-likeness (QED) is 0.946. The van der Waals surface area contributed by atoms with Crippen LogP contribution in [0, 0.1) is 11.7 Å². The summed E-state index contributed by atoms with van der Waals surface area (Å²) in [5.74, 6) is -1.76. The molecular formula is C16H14FNO3S. The smallest absolute Gasteiger partial charge is 0.308 e. The summed E-state index contributed by atoms with van der Waals surface area (Å²) in [6.07, 6.45) is 0.497. The minimum atomic E-state index is -0.853. The lowest BCUT2D eigenvalue weighted by Gasteiger charge is -2.14. The third-order valence-corrected chi connectivity index (χ3v) is 4.89. The van der Waals surface area contributed by atoms with Crippen LogP contribution in [-0.2, 0) is 4.79 Å². The van der Waals surface area contributed by atoms with Crippen LogP contribution in [-0.4, -0.2) is 35.0 Å². The Morgan fingerprint density at radius 3 is 2.55 bits per heavy atom. The van der Waals surface area contributed by atoms with Crippen molar-refractivity contribution >= 4 is 23.2 Å². The number of carbonyl (C=O) groups is 2. The van der Waals surface area contributed by atoms with Crippen LogP contribution in [0.25, 0.3) is 10.4 Å². The molecule has 6 heteroatoms. The first kappa shape index (κ1) is 14.7. The van der Waals surface area contributed by atoms with Crippen molar-refractivity contribution in [1.29, 1.82) is 0 Å². The first-order chi connectivity index (χ1) is 10.5. The molecule has 1 aliphatic heterocycles. The van der Waals surface area contributed by atoms with Gasteiger partial charge >= 0.3 is 5.97 Å². The van der Waals surface area contributed by atoms with Crippen LogP contribution in [0.4, 0.5) is 4.39 Å². The Morgan fingerprint density at radius 1 is 1.18 bits per heavy atom. The lowest BCUT2D eigenvalue weighted by atomic mass is 10.1. The van der Waals surface area contributed by atoms with Gasteiger partial charge in [0.1, 0.15) is 5.82 Å². The van der Waals surface area contributed by atoms with Gasteiger partial charge in [-0.3, -0.25) is 9.59 Å². The van der Waals surface area contributed by atoms with Gasteiger partial charge in [-0.2, -0.15) is 0 Å². The molecule has 0 aliphatic carbocycles. The van der Waals surface area contributed by atoms with Crippen LogP contribution in [0.3, 0.4) is 0 Å². The summed E-state index contributed by atoms with van der Waals surface area (Å²) in [6.45, 7) is 0.734. The number of halogens is 1. The Balaban J connectivity index is 1.75. The van der Waals surface area contributed by atoms with Gasteiger partial charge < -0.3 is 10.0 Å². The number of aliphatic carboxylic acids is 1. The number of carbonyl (C=O) groups excluding carboxylic acids is 1. The molecule has 1 amide bonds. The summed E-state index contributed by atoms with van der Waals surface area (Å²) in [5.41, 5.74) is 0.857. The van der Waals surface area contributed by atoms with E-state index < -0.39 is 11.9 Å². The van der Waals surface area contributed by atoms with Gasteiger partial charge in [-0.25, -0.2) is 4.39 Å². The number of carboxylic acids is 1. The molecule has 1 fully saturated rings. The molecule has 22 heavy (non-hydrogen) atoms. The summed E-state index contributed by atoms with van der Waals surface area (Å²) >= 11 is 1.34. The zero-order valence-electron chi connectivity index (χ0n) is 11.7. The second kappa shape index (κ2) is 5.88. The molecule has 0 radical (unpaired) electrons. The molecule has 1 aromatic carbocycles. The van der Waals surface area contributed by atoms with Gasteiger partial charge in [0.15, 0.2) is 0 Å². The maximum absolute atomic E-state index is 12.9. The third kappa shape index (κ3) is 2.87. The molecule has 1 N–H and O–H groups in total. The summed E-state index contributed by atoms with van der Waals surface area (Å²) in [7, 11) is 0. The Bertz CT molecular complexity index is 710. The minimum Gasteiger partial charge on any atom is -0.481 e. The van der Waals surface area contributed by atoms with Gasteiger partial charge in [0.05, 0.1) is 10.8 Å². The van der Waals surface area contributed by atoms with Crippen molar-refractivity contribution in [3.05, 3.63) is 47.1 Å². The maximum atomic E-state index is 12.9. The Kier molecular flexibility index (Phi) is 3.94. The fourth-order valence-corrected chi connectivity index (χ4v) is 3.50. The van der Waals surface area contributed by atoms with Crippen molar-refractivity contribution < 1.29 is 19.1 Å². The molecule has 114 valence electrons. The van der Waals surface area contributed by atoms with Crippen molar-refractivity contribution in [2.75, 3.05) is 13.1 Å². The van der Waals surface area contributed by atoms with E-state index in [4.69, 9.17) is 5.11 Å². The number of likely N-dealkylation sites (tertiary alicyclic amines) is 1. The molecule has 1 aliphatic rings. The van der Waals surface area contributed by atoms with E-state index >= 15 is 0 Å². The van der Waals surface area contributed by atoms with Crippen molar-refractivity contribution in [3.8, 4) is 10.4 Å². The second-order valence-electron chi connectivity index (χ2n) is 5.25. The van der Waals surface area contributed by atoms with Crippen molar-refractivity contribution in [2.24, 2.45) is 5.92 Å². The van der Waals surface area contributed by atoms with Gasteiger partial charge in [0.2, 0.25) is 0 Å². The first-order valence-corrected chi connectivity index (χ1v) is 7.74. The summed E-state index contributed by atoms with van der Waals surface area (Å²) in [6, 6.07) is 9.68. The molecule has 1 atom stereocenters. The predicted octanol–water partition coefficient (Wildman–Crippen LogP) is 3.10. The number of amides is 1. The molecule has 2 aromatic rings. The normalized spacial score (nSPS) is 17.7. The van der Waals surface area contributed by atoms with E-state index in [0.29, 0.717) is 17.8 Å². The SMILES string of the molecule is O=C(O)[C@H]1CCN(C(=O)c2ccc(-c3ccc(F)cc3)s2)C1. The van der Waals surface area contributed by atoms with Crippen molar-refractivity contribution in [2.45, 2.75) is 6.42 Å². The Hall–Kier alpha value is -2.21. The van der Waals surface area contributed by atoms with Crippen LogP contribution in [0.2, 0.25) is 0 Å². The number of nitrogens with zero attached hydrogens (tertiary/aromatic N) is 1. The lowest BCUT2D eigenvalue weighted by Crippen LogP contribution is -2.29. The number of hydrogen-bond acceptors (Lipinski definition) is 3. The van der Waals surface area contributed by atoms with E-state index in [1.165, 1.54) is 23.5 Å². The van der Waals surface area contributed by atoms with Crippen molar-refractivity contribution in [1.82, 2.24) is 4.90 Å². The van der Waals surface area contributed by atoms with E-state index in [2.05, 4.69) is 0 Å². The van der Waals surface area contributed by atoms with Gasteiger partial charge in [-0.1, -0.05) is 12.1 Å².